The number of hydrogen-bond donors (Lipinski definition) is 0. The van der Waals surface area contributed by atoms with Crippen LogP contribution >= 0.6 is 0 Å². The Bertz CT molecular complexity index is 2340. The largest absolute Gasteiger partial charge is 0.311 e. The van der Waals surface area contributed by atoms with Crippen LogP contribution in [0.3, 0.4) is 0 Å². The molecule has 1 spiro atoms. The van der Waals surface area contributed by atoms with Gasteiger partial charge in [0.2, 0.25) is 0 Å². The SMILES string of the molecule is C=C/C=C\C1=C(c2ccc(N(c3ccccc3)c3ccccc3)cc2)C2(c3ccccc31)c1ccccc1N(c1ccccc1)c1ccccc12. The first kappa shape index (κ1) is 30.4. The van der Waals surface area contributed by atoms with Crippen molar-refractivity contribution in [2.45, 2.75) is 5.41 Å². The van der Waals surface area contributed by atoms with Crippen LogP contribution < -0.4 is 9.80 Å². The Morgan fingerprint density at radius 3 is 1.51 bits per heavy atom. The van der Waals surface area contributed by atoms with Gasteiger partial charge in [0.15, 0.2) is 0 Å². The second-order valence-electron chi connectivity index (χ2n) is 12.9. The van der Waals surface area contributed by atoms with E-state index < -0.39 is 5.41 Å². The van der Waals surface area contributed by atoms with Crippen LogP contribution in [0.1, 0.15) is 27.8 Å². The van der Waals surface area contributed by atoms with Gasteiger partial charge >= 0.3 is 0 Å². The number of hydrogen-bond acceptors (Lipinski definition) is 2. The topological polar surface area (TPSA) is 6.48 Å². The second-order valence-corrected chi connectivity index (χ2v) is 12.9. The quantitative estimate of drug-likeness (QED) is 0.158. The minimum atomic E-state index is -0.573. The van der Waals surface area contributed by atoms with Crippen LogP contribution in [0.15, 0.2) is 213 Å². The highest BCUT2D eigenvalue weighted by Gasteiger charge is 2.52. The van der Waals surface area contributed by atoms with E-state index in [0.29, 0.717) is 0 Å². The van der Waals surface area contributed by atoms with Crippen molar-refractivity contribution in [3.05, 3.63) is 241 Å². The summed E-state index contributed by atoms with van der Waals surface area (Å²) in [6, 6.07) is 68.0. The van der Waals surface area contributed by atoms with Crippen molar-refractivity contribution in [2.75, 3.05) is 9.80 Å². The molecule has 7 aromatic rings. The molecule has 242 valence electrons. The predicted octanol–water partition coefficient (Wildman–Crippen LogP) is 12.9. The molecule has 2 heteroatoms. The molecule has 9 rings (SSSR count). The minimum Gasteiger partial charge on any atom is -0.311 e. The lowest BCUT2D eigenvalue weighted by atomic mass is 9.62. The van der Waals surface area contributed by atoms with Crippen LogP contribution in [-0.4, -0.2) is 0 Å². The summed E-state index contributed by atoms with van der Waals surface area (Å²) < 4.78 is 0. The zero-order valence-corrected chi connectivity index (χ0v) is 28.2. The van der Waals surface area contributed by atoms with Crippen molar-refractivity contribution >= 4 is 45.3 Å². The molecule has 1 aliphatic heterocycles. The summed E-state index contributed by atoms with van der Waals surface area (Å²) in [5.74, 6) is 0. The van der Waals surface area contributed by atoms with Crippen LogP contribution in [-0.2, 0) is 5.41 Å². The van der Waals surface area contributed by atoms with Gasteiger partial charge in [-0.1, -0.05) is 152 Å². The summed E-state index contributed by atoms with van der Waals surface area (Å²) in [4.78, 5) is 4.74. The molecule has 0 N–H and O–H groups in total. The Morgan fingerprint density at radius 2 is 0.941 bits per heavy atom. The molecule has 0 bridgehead atoms. The Labute approximate surface area is 300 Å². The van der Waals surface area contributed by atoms with Crippen LogP contribution in [0.5, 0.6) is 0 Å². The van der Waals surface area contributed by atoms with E-state index in [2.05, 4.69) is 217 Å². The number of para-hydroxylation sites is 5. The van der Waals surface area contributed by atoms with Gasteiger partial charge in [-0.3, -0.25) is 0 Å². The Hall–Kier alpha value is -6.64. The van der Waals surface area contributed by atoms with E-state index in [0.717, 1.165) is 22.7 Å². The van der Waals surface area contributed by atoms with Gasteiger partial charge in [0.05, 0.1) is 16.8 Å². The Morgan fingerprint density at radius 1 is 0.471 bits per heavy atom. The molecule has 51 heavy (non-hydrogen) atoms. The molecule has 2 nitrogen and oxygen atoms in total. The highest BCUT2D eigenvalue weighted by Crippen LogP contribution is 2.65. The minimum absolute atomic E-state index is 0.573. The van der Waals surface area contributed by atoms with Crippen molar-refractivity contribution in [1.29, 1.82) is 0 Å². The van der Waals surface area contributed by atoms with Gasteiger partial charge in [0.1, 0.15) is 0 Å². The van der Waals surface area contributed by atoms with Gasteiger partial charge in [0, 0.05) is 22.7 Å². The summed E-state index contributed by atoms with van der Waals surface area (Å²) in [6.45, 7) is 4.06. The molecule has 0 amide bonds. The van der Waals surface area contributed by atoms with Gasteiger partial charge in [-0.25, -0.2) is 0 Å². The number of nitrogens with zero attached hydrogens (tertiary/aromatic N) is 2. The van der Waals surface area contributed by atoms with E-state index in [4.69, 9.17) is 0 Å². The van der Waals surface area contributed by atoms with E-state index in [1.165, 1.54) is 50.3 Å². The third-order valence-corrected chi connectivity index (χ3v) is 10.2. The van der Waals surface area contributed by atoms with Gasteiger partial charge in [-0.2, -0.15) is 0 Å². The van der Waals surface area contributed by atoms with Crippen molar-refractivity contribution in [1.82, 2.24) is 0 Å². The lowest BCUT2D eigenvalue weighted by Gasteiger charge is -2.46. The molecule has 0 atom stereocenters. The summed E-state index contributed by atoms with van der Waals surface area (Å²) in [5.41, 5.74) is 15.0. The van der Waals surface area contributed by atoms with Crippen molar-refractivity contribution in [2.24, 2.45) is 0 Å². The molecule has 0 aromatic heterocycles. The van der Waals surface area contributed by atoms with Gasteiger partial charge in [-0.15, -0.1) is 0 Å². The third-order valence-electron chi connectivity index (χ3n) is 10.2. The smallest absolute Gasteiger partial charge is 0.0760 e. The van der Waals surface area contributed by atoms with Gasteiger partial charge < -0.3 is 9.80 Å². The summed E-state index contributed by atoms with van der Waals surface area (Å²) in [5, 5.41) is 0. The molecule has 1 heterocycles. The number of allylic oxidation sites excluding steroid dienone is 5. The van der Waals surface area contributed by atoms with Crippen molar-refractivity contribution < 1.29 is 0 Å². The maximum Gasteiger partial charge on any atom is 0.0760 e. The monoisotopic (exact) mass is 652 g/mol. The zero-order valence-electron chi connectivity index (χ0n) is 28.2. The Kier molecular flexibility index (Phi) is 7.56. The van der Waals surface area contributed by atoms with Gasteiger partial charge in [0.25, 0.3) is 0 Å². The standard InChI is InChI=1S/C49H36N2/c1-2-3-25-42-41-26-13-14-27-43(41)49(44-28-15-17-30-46(44)51(39-23-11-6-12-24-39)47-31-18-16-29-45(47)49)48(42)36-32-34-40(35-33-36)50(37-19-7-4-8-20-37)38-21-9-5-10-22-38/h2-35H,1H2/b25-3-. The first-order chi connectivity index (χ1) is 25.3. The molecule has 2 aliphatic rings. The van der Waals surface area contributed by atoms with Crippen LogP contribution in [0.2, 0.25) is 0 Å². The van der Waals surface area contributed by atoms with E-state index in [1.807, 2.05) is 6.08 Å². The normalized spacial score (nSPS) is 13.9. The lowest BCUT2D eigenvalue weighted by molar-refractivity contribution is 0.795. The maximum absolute atomic E-state index is 4.06. The van der Waals surface area contributed by atoms with Gasteiger partial charge in [-0.05, 0) is 99.6 Å². The molecular weight excluding hydrogens is 617 g/mol. The van der Waals surface area contributed by atoms with Crippen LogP contribution in [0.4, 0.5) is 34.1 Å². The number of benzene rings is 7. The first-order valence-electron chi connectivity index (χ1n) is 17.5. The molecule has 0 fully saturated rings. The fraction of sp³-hybridized carbons (Fsp3) is 0.0204. The van der Waals surface area contributed by atoms with Crippen LogP contribution in [0, 0.1) is 0 Å². The average molecular weight is 653 g/mol. The highest BCUT2D eigenvalue weighted by atomic mass is 15.2. The summed E-state index contributed by atoms with van der Waals surface area (Å²) in [6.07, 6.45) is 6.20. The van der Waals surface area contributed by atoms with Crippen molar-refractivity contribution in [3.63, 3.8) is 0 Å². The number of fused-ring (bicyclic) bond motifs is 6. The predicted molar refractivity (Wildman–Crippen MR) is 215 cm³/mol. The van der Waals surface area contributed by atoms with E-state index in [1.54, 1.807) is 0 Å². The fourth-order valence-corrected chi connectivity index (χ4v) is 8.27. The van der Waals surface area contributed by atoms with E-state index in [-0.39, 0.29) is 0 Å². The first-order valence-corrected chi connectivity index (χ1v) is 17.5. The Balaban J connectivity index is 1.32. The average Bonchev–Trinajstić information content (AvgIpc) is 3.49. The molecule has 1 aliphatic carbocycles. The molecule has 7 aromatic carbocycles. The fourth-order valence-electron chi connectivity index (χ4n) is 8.27. The molecular formula is C49H36N2. The molecule has 0 unspecified atom stereocenters. The number of anilines is 6. The summed E-state index contributed by atoms with van der Waals surface area (Å²) in [7, 11) is 0. The highest BCUT2D eigenvalue weighted by molar-refractivity contribution is 6.12. The third kappa shape index (κ3) is 4.80. The zero-order chi connectivity index (χ0) is 34.2. The summed E-state index contributed by atoms with van der Waals surface area (Å²) >= 11 is 0. The maximum atomic E-state index is 4.06. The molecule has 0 saturated heterocycles. The lowest BCUT2D eigenvalue weighted by Crippen LogP contribution is -2.36. The van der Waals surface area contributed by atoms with Crippen molar-refractivity contribution in [3.8, 4) is 0 Å². The number of rotatable bonds is 7. The van der Waals surface area contributed by atoms with E-state index in [9.17, 15) is 0 Å². The molecule has 0 radical (unpaired) electrons. The van der Waals surface area contributed by atoms with Crippen LogP contribution in [0.25, 0.3) is 11.1 Å². The van der Waals surface area contributed by atoms with E-state index >= 15 is 0 Å². The second kappa shape index (κ2) is 12.7. The molecule has 0 saturated carbocycles.